The Labute approximate surface area is 137 Å². The third kappa shape index (κ3) is 8.29. The summed E-state index contributed by atoms with van der Waals surface area (Å²) in [6.07, 6.45) is 2.97. The number of guanidine groups is 1. The normalized spacial score (nSPS) is 18.1. The van der Waals surface area contributed by atoms with Crippen molar-refractivity contribution in [1.82, 2.24) is 15.5 Å². The molecule has 2 N–H and O–H groups in total. The van der Waals surface area contributed by atoms with E-state index in [0.29, 0.717) is 11.9 Å². The van der Waals surface area contributed by atoms with Crippen LogP contribution >= 0.6 is 11.8 Å². The van der Waals surface area contributed by atoms with E-state index in [9.17, 15) is 4.79 Å². The van der Waals surface area contributed by atoms with Gasteiger partial charge in [-0.3, -0.25) is 4.79 Å². The molecule has 1 aliphatic heterocycles. The van der Waals surface area contributed by atoms with Gasteiger partial charge >= 0.3 is 0 Å². The predicted octanol–water partition coefficient (Wildman–Crippen LogP) is 0.566. The molecule has 1 rings (SSSR count). The molecule has 126 valence electrons. The molecule has 0 aliphatic carbocycles. The Kier molecular flexibility index (Phi) is 9.74. The van der Waals surface area contributed by atoms with Crippen molar-refractivity contribution < 1.29 is 9.53 Å². The van der Waals surface area contributed by atoms with Gasteiger partial charge in [0, 0.05) is 51.2 Å². The fourth-order valence-corrected chi connectivity index (χ4v) is 2.44. The van der Waals surface area contributed by atoms with Gasteiger partial charge in [-0.05, 0) is 6.42 Å². The van der Waals surface area contributed by atoms with Crippen LogP contribution in [0.25, 0.3) is 0 Å². The number of amides is 1. The van der Waals surface area contributed by atoms with E-state index in [0.717, 1.165) is 44.2 Å². The molecular weight excluding hydrogens is 300 g/mol. The molecule has 0 aromatic rings. The van der Waals surface area contributed by atoms with Gasteiger partial charge in [0.1, 0.15) is 6.54 Å². The predicted molar refractivity (Wildman–Crippen MR) is 93.4 cm³/mol. The second-order valence-electron chi connectivity index (χ2n) is 5.35. The largest absolute Gasteiger partial charge is 0.381 e. The van der Waals surface area contributed by atoms with E-state index < -0.39 is 0 Å². The standard InChI is InChI=1S/C15H28N4O2S/c1-4-8-22-9-6-16-15(18-11-14(20)19(2)3)17-10-13-5-7-21-12-13/h4,13H,1,5-12H2,2-3H3,(H2,16,17,18). The van der Waals surface area contributed by atoms with Gasteiger partial charge in [0.2, 0.25) is 5.91 Å². The maximum atomic E-state index is 11.7. The number of thioether (sulfide) groups is 1. The molecule has 1 heterocycles. The number of carbonyl (C=O) groups is 1. The number of aliphatic imine (C=N–C) groups is 1. The number of likely N-dealkylation sites (N-methyl/N-ethyl adjacent to an activating group) is 1. The molecule has 22 heavy (non-hydrogen) atoms. The van der Waals surface area contributed by atoms with E-state index in [1.54, 1.807) is 19.0 Å². The van der Waals surface area contributed by atoms with Gasteiger partial charge in [-0.2, -0.15) is 11.8 Å². The fourth-order valence-electron chi connectivity index (χ4n) is 1.86. The number of nitrogens with zero attached hydrogens (tertiary/aromatic N) is 2. The molecule has 6 nitrogen and oxygen atoms in total. The first-order valence-electron chi connectivity index (χ1n) is 7.62. The Morgan fingerprint density at radius 1 is 1.50 bits per heavy atom. The van der Waals surface area contributed by atoms with Gasteiger partial charge in [0.15, 0.2) is 5.96 Å². The van der Waals surface area contributed by atoms with E-state index >= 15 is 0 Å². The number of hydrogen-bond donors (Lipinski definition) is 2. The number of carbonyl (C=O) groups excluding carboxylic acids is 1. The van der Waals surface area contributed by atoms with Crippen molar-refractivity contribution >= 4 is 23.6 Å². The van der Waals surface area contributed by atoms with Gasteiger partial charge in [0.05, 0.1) is 6.61 Å². The van der Waals surface area contributed by atoms with E-state index in [-0.39, 0.29) is 12.5 Å². The van der Waals surface area contributed by atoms with Gasteiger partial charge in [-0.15, -0.1) is 6.58 Å². The van der Waals surface area contributed by atoms with Crippen LogP contribution in [0.5, 0.6) is 0 Å². The zero-order chi connectivity index (χ0) is 16.2. The molecule has 1 fully saturated rings. The van der Waals surface area contributed by atoms with Crippen molar-refractivity contribution in [3.05, 3.63) is 12.7 Å². The summed E-state index contributed by atoms with van der Waals surface area (Å²) in [6.45, 7) is 7.12. The summed E-state index contributed by atoms with van der Waals surface area (Å²) in [6, 6.07) is 0. The van der Waals surface area contributed by atoms with Crippen LogP contribution in [-0.2, 0) is 9.53 Å². The van der Waals surface area contributed by atoms with Crippen molar-refractivity contribution in [2.45, 2.75) is 6.42 Å². The van der Waals surface area contributed by atoms with Gasteiger partial charge in [-0.25, -0.2) is 4.99 Å². The highest BCUT2D eigenvalue weighted by Crippen LogP contribution is 2.10. The van der Waals surface area contributed by atoms with E-state index in [2.05, 4.69) is 22.2 Å². The Morgan fingerprint density at radius 2 is 2.32 bits per heavy atom. The quantitative estimate of drug-likeness (QED) is 0.280. The van der Waals surface area contributed by atoms with Crippen LogP contribution in [-0.4, -0.2) is 75.2 Å². The van der Waals surface area contributed by atoms with Crippen LogP contribution in [0.4, 0.5) is 0 Å². The Hall–Kier alpha value is -1.21. The first-order valence-corrected chi connectivity index (χ1v) is 8.77. The molecule has 1 atom stereocenters. The molecule has 0 aromatic heterocycles. The first kappa shape index (κ1) is 18.8. The fraction of sp³-hybridized carbons (Fsp3) is 0.733. The van der Waals surface area contributed by atoms with E-state index in [1.165, 1.54) is 0 Å². The number of rotatable bonds is 9. The average Bonchev–Trinajstić information content (AvgIpc) is 3.01. The maximum absolute atomic E-state index is 11.7. The molecule has 1 unspecified atom stereocenters. The number of hydrogen-bond acceptors (Lipinski definition) is 4. The van der Waals surface area contributed by atoms with Gasteiger partial charge in [-0.1, -0.05) is 6.08 Å². The summed E-state index contributed by atoms with van der Waals surface area (Å²) in [5.74, 6) is 3.13. The lowest BCUT2D eigenvalue weighted by atomic mass is 10.1. The zero-order valence-electron chi connectivity index (χ0n) is 13.6. The summed E-state index contributed by atoms with van der Waals surface area (Å²) in [5.41, 5.74) is 0. The van der Waals surface area contributed by atoms with Crippen LogP contribution < -0.4 is 10.6 Å². The lowest BCUT2D eigenvalue weighted by molar-refractivity contribution is -0.127. The Bertz CT molecular complexity index is 369. The first-order chi connectivity index (χ1) is 10.6. The molecule has 1 aliphatic rings. The average molecular weight is 328 g/mol. The molecule has 0 saturated carbocycles. The summed E-state index contributed by atoms with van der Waals surface area (Å²) < 4.78 is 5.37. The van der Waals surface area contributed by atoms with Crippen LogP contribution in [0.15, 0.2) is 17.6 Å². The molecule has 1 amide bonds. The van der Waals surface area contributed by atoms with Crippen LogP contribution in [0.2, 0.25) is 0 Å². The maximum Gasteiger partial charge on any atom is 0.243 e. The minimum absolute atomic E-state index is 0.00803. The SMILES string of the molecule is C=CCSCCNC(=NCC(=O)N(C)C)NCC1CCOC1. The highest BCUT2D eigenvalue weighted by Gasteiger charge is 2.15. The van der Waals surface area contributed by atoms with Crippen molar-refractivity contribution in [3.63, 3.8) is 0 Å². The van der Waals surface area contributed by atoms with Gasteiger partial charge < -0.3 is 20.3 Å². The molecule has 1 saturated heterocycles. The smallest absolute Gasteiger partial charge is 0.243 e. The van der Waals surface area contributed by atoms with Crippen molar-refractivity contribution in [1.29, 1.82) is 0 Å². The minimum atomic E-state index is -0.00803. The van der Waals surface area contributed by atoms with Crippen molar-refractivity contribution in [2.24, 2.45) is 10.9 Å². The highest BCUT2D eigenvalue weighted by atomic mass is 32.2. The molecular formula is C15H28N4O2S. The van der Waals surface area contributed by atoms with Crippen LogP contribution in [0.1, 0.15) is 6.42 Å². The summed E-state index contributed by atoms with van der Waals surface area (Å²) in [7, 11) is 3.47. The Morgan fingerprint density at radius 3 is 2.95 bits per heavy atom. The molecule has 7 heteroatoms. The third-order valence-corrected chi connectivity index (χ3v) is 4.19. The second-order valence-corrected chi connectivity index (χ2v) is 6.50. The van der Waals surface area contributed by atoms with Crippen molar-refractivity contribution in [3.8, 4) is 0 Å². The topological polar surface area (TPSA) is 66.0 Å². The van der Waals surface area contributed by atoms with E-state index in [4.69, 9.17) is 4.74 Å². The minimum Gasteiger partial charge on any atom is -0.381 e. The monoisotopic (exact) mass is 328 g/mol. The summed E-state index contributed by atoms with van der Waals surface area (Å²) in [4.78, 5) is 17.6. The summed E-state index contributed by atoms with van der Waals surface area (Å²) in [5, 5.41) is 6.57. The zero-order valence-corrected chi connectivity index (χ0v) is 14.5. The Balaban J connectivity index is 2.38. The van der Waals surface area contributed by atoms with Gasteiger partial charge in [0.25, 0.3) is 0 Å². The van der Waals surface area contributed by atoms with Crippen molar-refractivity contribution in [2.75, 3.05) is 58.4 Å². The number of nitrogens with one attached hydrogen (secondary N) is 2. The lowest BCUT2D eigenvalue weighted by Gasteiger charge is -2.15. The van der Waals surface area contributed by atoms with Crippen LogP contribution in [0, 0.1) is 5.92 Å². The highest BCUT2D eigenvalue weighted by molar-refractivity contribution is 7.99. The molecule has 0 spiro atoms. The second kappa shape index (κ2) is 11.4. The molecule has 0 aromatic carbocycles. The lowest BCUT2D eigenvalue weighted by Crippen LogP contribution is -2.41. The summed E-state index contributed by atoms with van der Waals surface area (Å²) >= 11 is 1.81. The van der Waals surface area contributed by atoms with E-state index in [1.807, 2.05) is 17.8 Å². The molecule has 0 radical (unpaired) electrons. The van der Waals surface area contributed by atoms with Crippen LogP contribution in [0.3, 0.4) is 0 Å². The number of ether oxygens (including phenoxy) is 1. The molecule has 0 bridgehead atoms. The third-order valence-electron chi connectivity index (χ3n) is 3.23.